The van der Waals surface area contributed by atoms with Gasteiger partial charge in [-0.1, -0.05) is 0 Å². The first-order chi connectivity index (χ1) is 9.42. The molecule has 3 heterocycles. The summed E-state index contributed by atoms with van der Waals surface area (Å²) in [6.07, 6.45) is 6.38. The SMILES string of the molecule is c1cc(N2CCC(CN3CCOCC3)CC2)ccn1. The maximum absolute atomic E-state index is 5.41. The van der Waals surface area contributed by atoms with Crippen LogP contribution in [0.3, 0.4) is 0 Å². The third-order valence-corrected chi connectivity index (χ3v) is 4.26. The topological polar surface area (TPSA) is 28.6 Å². The standard InChI is InChI=1S/C15H23N3O/c1-5-16-6-2-15(1)18-7-3-14(4-8-18)13-17-9-11-19-12-10-17/h1-2,5-6,14H,3-4,7-13H2. The first-order valence-electron chi connectivity index (χ1n) is 7.37. The molecule has 0 amide bonds. The monoisotopic (exact) mass is 261 g/mol. The Kier molecular flexibility index (Phi) is 4.30. The highest BCUT2D eigenvalue weighted by molar-refractivity contribution is 5.44. The van der Waals surface area contributed by atoms with E-state index in [1.807, 2.05) is 12.4 Å². The van der Waals surface area contributed by atoms with E-state index in [0.29, 0.717) is 0 Å². The lowest BCUT2D eigenvalue weighted by molar-refractivity contribution is 0.0289. The lowest BCUT2D eigenvalue weighted by Gasteiger charge is -2.37. The zero-order valence-electron chi connectivity index (χ0n) is 11.5. The molecule has 104 valence electrons. The Labute approximate surface area is 115 Å². The summed E-state index contributed by atoms with van der Waals surface area (Å²) < 4.78 is 5.41. The quantitative estimate of drug-likeness (QED) is 0.827. The number of morpholine rings is 1. The Balaban J connectivity index is 1.46. The van der Waals surface area contributed by atoms with Crippen molar-refractivity contribution in [2.24, 2.45) is 5.92 Å². The molecule has 19 heavy (non-hydrogen) atoms. The van der Waals surface area contributed by atoms with Gasteiger partial charge in [0.1, 0.15) is 0 Å². The molecule has 0 N–H and O–H groups in total. The lowest BCUT2D eigenvalue weighted by atomic mass is 9.95. The molecule has 0 bridgehead atoms. The molecule has 2 aliphatic rings. The Morgan fingerprint density at radius 2 is 1.74 bits per heavy atom. The van der Waals surface area contributed by atoms with Crippen molar-refractivity contribution in [2.75, 3.05) is 50.8 Å². The fourth-order valence-corrected chi connectivity index (χ4v) is 3.08. The van der Waals surface area contributed by atoms with E-state index in [9.17, 15) is 0 Å². The molecule has 1 aromatic heterocycles. The van der Waals surface area contributed by atoms with Crippen LogP contribution in [0.2, 0.25) is 0 Å². The minimum Gasteiger partial charge on any atom is -0.379 e. The molecule has 2 aliphatic heterocycles. The summed E-state index contributed by atoms with van der Waals surface area (Å²) in [5, 5.41) is 0. The molecule has 3 rings (SSSR count). The van der Waals surface area contributed by atoms with E-state index in [1.165, 1.54) is 38.2 Å². The van der Waals surface area contributed by atoms with Gasteiger partial charge in [-0.3, -0.25) is 9.88 Å². The molecule has 0 spiro atoms. The summed E-state index contributed by atoms with van der Waals surface area (Å²) in [6, 6.07) is 4.23. The second-order valence-corrected chi connectivity index (χ2v) is 5.55. The molecule has 0 aromatic carbocycles. The van der Waals surface area contributed by atoms with E-state index >= 15 is 0 Å². The fraction of sp³-hybridized carbons (Fsp3) is 0.667. The van der Waals surface area contributed by atoms with Crippen LogP contribution in [0.5, 0.6) is 0 Å². The van der Waals surface area contributed by atoms with Crippen molar-refractivity contribution in [3.8, 4) is 0 Å². The maximum Gasteiger partial charge on any atom is 0.0594 e. The van der Waals surface area contributed by atoms with Gasteiger partial charge in [-0.05, 0) is 30.9 Å². The third-order valence-electron chi connectivity index (χ3n) is 4.26. The van der Waals surface area contributed by atoms with E-state index < -0.39 is 0 Å². The van der Waals surface area contributed by atoms with E-state index in [0.717, 1.165) is 32.2 Å². The average molecular weight is 261 g/mol. The second kappa shape index (κ2) is 6.35. The normalized spacial score (nSPS) is 22.6. The Hall–Kier alpha value is -1.13. The molecule has 2 saturated heterocycles. The van der Waals surface area contributed by atoms with Gasteiger partial charge < -0.3 is 9.64 Å². The van der Waals surface area contributed by atoms with Crippen LogP contribution in [0.25, 0.3) is 0 Å². The van der Waals surface area contributed by atoms with Gasteiger partial charge in [0.05, 0.1) is 13.2 Å². The van der Waals surface area contributed by atoms with Crippen LogP contribution in [0.4, 0.5) is 5.69 Å². The highest BCUT2D eigenvalue weighted by Gasteiger charge is 2.22. The van der Waals surface area contributed by atoms with Crippen LogP contribution in [-0.4, -0.2) is 55.8 Å². The van der Waals surface area contributed by atoms with Gasteiger partial charge in [0.2, 0.25) is 0 Å². The zero-order valence-corrected chi connectivity index (χ0v) is 11.5. The van der Waals surface area contributed by atoms with Gasteiger partial charge in [0.15, 0.2) is 0 Å². The number of pyridine rings is 1. The van der Waals surface area contributed by atoms with Crippen LogP contribution < -0.4 is 4.90 Å². The molecule has 0 radical (unpaired) electrons. The number of hydrogen-bond acceptors (Lipinski definition) is 4. The summed E-state index contributed by atoms with van der Waals surface area (Å²) in [4.78, 5) is 9.14. The predicted octanol–water partition coefficient (Wildman–Crippen LogP) is 1.63. The molecular formula is C15H23N3O. The minimum atomic E-state index is 0.858. The van der Waals surface area contributed by atoms with Crippen LogP contribution in [0.15, 0.2) is 24.5 Å². The van der Waals surface area contributed by atoms with E-state index in [1.54, 1.807) is 0 Å². The van der Waals surface area contributed by atoms with Crippen LogP contribution in [-0.2, 0) is 4.74 Å². The molecule has 2 fully saturated rings. The number of rotatable bonds is 3. The Morgan fingerprint density at radius 1 is 1.05 bits per heavy atom. The van der Waals surface area contributed by atoms with Crippen molar-refractivity contribution in [2.45, 2.75) is 12.8 Å². The van der Waals surface area contributed by atoms with Crippen molar-refractivity contribution >= 4 is 5.69 Å². The summed E-state index contributed by atoms with van der Waals surface area (Å²) in [6.45, 7) is 7.67. The minimum absolute atomic E-state index is 0.858. The van der Waals surface area contributed by atoms with Gasteiger partial charge in [0, 0.05) is 50.8 Å². The van der Waals surface area contributed by atoms with Gasteiger partial charge in [-0.25, -0.2) is 0 Å². The number of aromatic nitrogens is 1. The Bertz CT molecular complexity index is 370. The van der Waals surface area contributed by atoms with Crippen LogP contribution in [0, 0.1) is 5.92 Å². The summed E-state index contributed by atoms with van der Waals surface area (Å²) in [7, 11) is 0. The fourth-order valence-electron chi connectivity index (χ4n) is 3.08. The van der Waals surface area contributed by atoms with Gasteiger partial charge in [0.25, 0.3) is 0 Å². The van der Waals surface area contributed by atoms with Crippen LogP contribution in [0.1, 0.15) is 12.8 Å². The van der Waals surface area contributed by atoms with E-state index in [2.05, 4.69) is 26.9 Å². The molecular weight excluding hydrogens is 238 g/mol. The molecule has 4 nitrogen and oxygen atoms in total. The number of nitrogens with zero attached hydrogens (tertiary/aromatic N) is 3. The first-order valence-corrected chi connectivity index (χ1v) is 7.37. The van der Waals surface area contributed by atoms with Crippen molar-refractivity contribution in [3.63, 3.8) is 0 Å². The van der Waals surface area contributed by atoms with Crippen molar-refractivity contribution in [1.82, 2.24) is 9.88 Å². The Morgan fingerprint density at radius 3 is 2.42 bits per heavy atom. The molecule has 0 saturated carbocycles. The number of ether oxygens (including phenoxy) is 1. The predicted molar refractivity (Wildman–Crippen MR) is 76.4 cm³/mol. The van der Waals surface area contributed by atoms with Crippen molar-refractivity contribution < 1.29 is 4.74 Å². The first kappa shape index (κ1) is 12.9. The molecule has 1 aromatic rings. The van der Waals surface area contributed by atoms with Gasteiger partial charge in [-0.15, -0.1) is 0 Å². The third kappa shape index (κ3) is 3.45. The smallest absolute Gasteiger partial charge is 0.0594 e. The molecule has 4 heteroatoms. The van der Waals surface area contributed by atoms with Crippen molar-refractivity contribution in [3.05, 3.63) is 24.5 Å². The number of anilines is 1. The van der Waals surface area contributed by atoms with Gasteiger partial charge in [-0.2, -0.15) is 0 Å². The summed E-state index contributed by atoms with van der Waals surface area (Å²) in [5.41, 5.74) is 1.32. The summed E-state index contributed by atoms with van der Waals surface area (Å²) in [5.74, 6) is 0.858. The highest BCUT2D eigenvalue weighted by atomic mass is 16.5. The lowest BCUT2D eigenvalue weighted by Crippen LogP contribution is -2.42. The van der Waals surface area contributed by atoms with E-state index in [-0.39, 0.29) is 0 Å². The van der Waals surface area contributed by atoms with Gasteiger partial charge >= 0.3 is 0 Å². The second-order valence-electron chi connectivity index (χ2n) is 5.55. The molecule has 0 atom stereocenters. The number of hydrogen-bond donors (Lipinski definition) is 0. The maximum atomic E-state index is 5.41. The summed E-state index contributed by atoms with van der Waals surface area (Å²) >= 11 is 0. The van der Waals surface area contributed by atoms with Crippen molar-refractivity contribution in [1.29, 1.82) is 0 Å². The average Bonchev–Trinajstić information content (AvgIpc) is 2.50. The largest absolute Gasteiger partial charge is 0.379 e. The number of piperidine rings is 1. The van der Waals surface area contributed by atoms with Crippen LogP contribution >= 0.6 is 0 Å². The van der Waals surface area contributed by atoms with E-state index in [4.69, 9.17) is 4.74 Å². The molecule has 0 unspecified atom stereocenters. The molecule has 0 aliphatic carbocycles. The highest BCUT2D eigenvalue weighted by Crippen LogP contribution is 2.23. The zero-order chi connectivity index (χ0) is 12.9.